The summed E-state index contributed by atoms with van der Waals surface area (Å²) in [4.78, 5) is 0. The Labute approximate surface area is 158 Å². The number of unbranched alkanes of at least 4 members (excludes halogenated alkanes) is 1. The molecule has 0 atom stereocenters. The topological polar surface area (TPSA) is 9.23 Å². The summed E-state index contributed by atoms with van der Waals surface area (Å²) in [6.45, 7) is 2.29. The zero-order chi connectivity index (χ0) is 18.3. The first-order valence-corrected chi connectivity index (χ1v) is 11.9. The van der Waals surface area contributed by atoms with Gasteiger partial charge in [0.05, 0.1) is 0 Å². The Morgan fingerprint density at radius 3 is 1.31 bits per heavy atom. The predicted molar refractivity (Wildman–Crippen MR) is 117 cm³/mol. The van der Waals surface area contributed by atoms with Crippen LogP contribution in [-0.2, 0) is 4.52 Å². The van der Waals surface area contributed by atoms with Gasteiger partial charge < -0.3 is 0 Å². The van der Waals surface area contributed by atoms with Crippen LogP contribution in [0.2, 0.25) is 0 Å². The zero-order valence-corrected chi connectivity index (χ0v) is 16.7. The van der Waals surface area contributed by atoms with E-state index in [2.05, 4.69) is 105 Å². The van der Waals surface area contributed by atoms with Crippen LogP contribution in [0.3, 0.4) is 0 Å². The molecule has 3 aromatic rings. The van der Waals surface area contributed by atoms with E-state index in [0.717, 1.165) is 25.6 Å². The molecule has 1 nitrogen and oxygen atoms in total. The molecule has 0 aromatic heterocycles. The number of benzene rings is 3. The maximum atomic E-state index is 7.10. The van der Waals surface area contributed by atoms with Crippen LogP contribution < -0.4 is 15.9 Å². The van der Waals surface area contributed by atoms with Gasteiger partial charge in [0.25, 0.3) is 0 Å². The van der Waals surface area contributed by atoms with E-state index in [-0.39, 0.29) is 0 Å². The average Bonchev–Trinajstić information content (AvgIpc) is 2.74. The van der Waals surface area contributed by atoms with E-state index in [9.17, 15) is 0 Å². The maximum absolute atomic E-state index is 7.10. The summed E-state index contributed by atoms with van der Waals surface area (Å²) in [5.41, 5.74) is 0. The molecule has 0 aliphatic rings. The molecule has 0 spiro atoms. The molecule has 136 valence electrons. The van der Waals surface area contributed by atoms with Crippen molar-refractivity contribution in [3.8, 4) is 0 Å². The van der Waals surface area contributed by atoms with Crippen LogP contribution in [0.4, 0.5) is 0 Å². The Balaban J connectivity index is 2.38. The normalized spacial score (nSPS) is 13.1. The van der Waals surface area contributed by atoms with E-state index < -0.39 is 6.83 Å². The summed E-state index contributed by atoms with van der Waals surface area (Å²) in [5.74, 6) is 0. The van der Waals surface area contributed by atoms with Crippen LogP contribution in [0.25, 0.3) is 0 Å². The molecule has 3 aromatic carbocycles. The van der Waals surface area contributed by atoms with Crippen molar-refractivity contribution in [3.05, 3.63) is 91.0 Å². The van der Waals surface area contributed by atoms with E-state index >= 15 is 0 Å². The Hall–Kier alpha value is -1.95. The second kappa shape index (κ2) is 8.16. The first kappa shape index (κ1) is 18.8. The molecule has 26 heavy (non-hydrogen) atoms. The zero-order valence-electron chi connectivity index (χ0n) is 15.8. The van der Waals surface area contributed by atoms with Gasteiger partial charge in [-0.1, -0.05) is 0 Å². The molecule has 3 rings (SSSR count). The van der Waals surface area contributed by atoms with Gasteiger partial charge in [0.2, 0.25) is 0 Å². The molecule has 2 heteroatoms. The SMILES string of the molecule is CCCCOP(CC)(c1ccccc1)(c1ccccc1)c1ccccc1. The standard InChI is InChI=1S/C24H29OP/c1-3-5-21-25-26(4-2,22-15-9-6-10-16-22,23-17-11-7-12-18-23)24-19-13-8-14-20-24/h6-20H,3-5,21H2,1-2H3. The summed E-state index contributed by atoms with van der Waals surface area (Å²) in [6.07, 6.45) is 3.16. The number of hydrogen-bond acceptors (Lipinski definition) is 1. The van der Waals surface area contributed by atoms with Gasteiger partial charge in [-0.25, -0.2) is 0 Å². The van der Waals surface area contributed by atoms with Crippen LogP contribution in [0.15, 0.2) is 91.0 Å². The van der Waals surface area contributed by atoms with E-state index in [1.54, 1.807) is 0 Å². The van der Waals surface area contributed by atoms with Gasteiger partial charge in [-0.05, 0) is 0 Å². The Morgan fingerprint density at radius 1 is 0.615 bits per heavy atom. The molecule has 0 amide bonds. The molecule has 0 fully saturated rings. The third-order valence-electron chi connectivity index (χ3n) is 5.38. The van der Waals surface area contributed by atoms with Crippen molar-refractivity contribution >= 4 is 22.7 Å². The fourth-order valence-corrected chi connectivity index (χ4v) is 9.51. The van der Waals surface area contributed by atoms with Crippen molar-refractivity contribution < 1.29 is 4.52 Å². The van der Waals surface area contributed by atoms with Crippen LogP contribution >= 0.6 is 6.83 Å². The fourth-order valence-electron chi connectivity index (χ4n) is 3.95. The van der Waals surface area contributed by atoms with E-state index in [4.69, 9.17) is 4.52 Å². The van der Waals surface area contributed by atoms with Crippen molar-refractivity contribution in [2.75, 3.05) is 12.8 Å². The van der Waals surface area contributed by atoms with Crippen LogP contribution in [0.1, 0.15) is 26.7 Å². The predicted octanol–water partition coefficient (Wildman–Crippen LogP) is 5.27. The van der Waals surface area contributed by atoms with Gasteiger partial charge in [-0.15, -0.1) is 0 Å². The second-order valence-corrected chi connectivity index (χ2v) is 11.6. The van der Waals surface area contributed by atoms with Crippen molar-refractivity contribution in [1.29, 1.82) is 0 Å². The molecule has 0 heterocycles. The number of hydrogen-bond donors (Lipinski definition) is 0. The average molecular weight is 364 g/mol. The van der Waals surface area contributed by atoms with Crippen LogP contribution in [0.5, 0.6) is 0 Å². The Kier molecular flexibility index (Phi) is 5.91. The molecular formula is C24H29OP. The summed E-state index contributed by atoms with van der Waals surface area (Å²) in [7, 11) is 0. The summed E-state index contributed by atoms with van der Waals surface area (Å²) < 4.78 is 7.10. The van der Waals surface area contributed by atoms with Gasteiger partial charge in [-0.2, -0.15) is 0 Å². The van der Waals surface area contributed by atoms with Crippen LogP contribution in [-0.4, -0.2) is 12.8 Å². The van der Waals surface area contributed by atoms with Gasteiger partial charge in [-0.3, -0.25) is 0 Å². The van der Waals surface area contributed by atoms with Gasteiger partial charge in [0.15, 0.2) is 0 Å². The van der Waals surface area contributed by atoms with Crippen LogP contribution in [0, 0.1) is 0 Å². The quantitative estimate of drug-likeness (QED) is 0.391. The molecule has 0 radical (unpaired) electrons. The van der Waals surface area contributed by atoms with E-state index in [1.165, 1.54) is 15.9 Å². The molecular weight excluding hydrogens is 335 g/mol. The van der Waals surface area contributed by atoms with Crippen molar-refractivity contribution in [3.63, 3.8) is 0 Å². The Morgan fingerprint density at radius 2 is 1.00 bits per heavy atom. The van der Waals surface area contributed by atoms with Crippen molar-refractivity contribution in [2.45, 2.75) is 26.7 Å². The fraction of sp³-hybridized carbons (Fsp3) is 0.250. The molecule has 0 aliphatic heterocycles. The minimum absolute atomic E-state index is 0.779. The minimum atomic E-state index is -3.00. The molecule has 0 saturated heterocycles. The summed E-state index contributed by atoms with van der Waals surface area (Å²) in [5, 5.41) is 3.94. The molecule has 0 N–H and O–H groups in total. The molecule has 0 unspecified atom stereocenters. The molecule has 0 aliphatic carbocycles. The monoisotopic (exact) mass is 364 g/mol. The second-order valence-electron chi connectivity index (χ2n) is 6.72. The van der Waals surface area contributed by atoms with Gasteiger partial charge in [0.1, 0.15) is 0 Å². The third-order valence-corrected chi connectivity index (χ3v) is 11.5. The first-order chi connectivity index (χ1) is 12.8. The van der Waals surface area contributed by atoms with Crippen molar-refractivity contribution in [2.24, 2.45) is 0 Å². The number of rotatable bonds is 8. The summed E-state index contributed by atoms with van der Waals surface area (Å²) >= 11 is 0. The molecule has 0 bridgehead atoms. The first-order valence-electron chi connectivity index (χ1n) is 9.60. The van der Waals surface area contributed by atoms with E-state index in [1.807, 2.05) is 0 Å². The Bertz CT molecular complexity index is 700. The van der Waals surface area contributed by atoms with Crippen molar-refractivity contribution in [1.82, 2.24) is 0 Å². The third kappa shape index (κ3) is 3.00. The van der Waals surface area contributed by atoms with E-state index in [0.29, 0.717) is 0 Å². The summed E-state index contributed by atoms with van der Waals surface area (Å²) in [6, 6.07) is 32.7. The van der Waals surface area contributed by atoms with Gasteiger partial charge in [0, 0.05) is 0 Å². The van der Waals surface area contributed by atoms with Gasteiger partial charge >= 0.3 is 158 Å². The molecule has 0 saturated carbocycles.